The van der Waals surface area contributed by atoms with Crippen molar-refractivity contribution in [3.8, 4) is 11.4 Å². The monoisotopic (exact) mass is 476 g/mol. The molecule has 3 aromatic carbocycles. The molecule has 4 rings (SSSR count). The molecule has 0 aliphatic rings. The van der Waals surface area contributed by atoms with Gasteiger partial charge in [0.1, 0.15) is 12.3 Å². The van der Waals surface area contributed by atoms with Crippen molar-refractivity contribution in [3.63, 3.8) is 0 Å². The molecule has 1 aromatic heterocycles. The van der Waals surface area contributed by atoms with E-state index in [-0.39, 0.29) is 17.1 Å². The Balaban J connectivity index is 1.52. The number of ether oxygens (including phenoxy) is 1. The lowest BCUT2D eigenvalue weighted by molar-refractivity contribution is -0.119. The minimum Gasteiger partial charge on any atom is -0.495 e. The molecular formula is C25H24N4O4S. The van der Waals surface area contributed by atoms with Crippen molar-refractivity contribution in [2.24, 2.45) is 0 Å². The molecule has 9 heteroatoms. The summed E-state index contributed by atoms with van der Waals surface area (Å²) in [5.74, 6) is -0.0889. The first-order valence-corrected chi connectivity index (χ1v) is 12.0. The van der Waals surface area contributed by atoms with Gasteiger partial charge in [0.05, 0.1) is 24.0 Å². The highest BCUT2D eigenvalue weighted by atomic mass is 32.2. The van der Waals surface area contributed by atoms with E-state index < -0.39 is 22.5 Å². The number of rotatable bonds is 9. The third-order valence-electron chi connectivity index (χ3n) is 5.20. The van der Waals surface area contributed by atoms with E-state index in [2.05, 4.69) is 10.3 Å². The lowest BCUT2D eigenvalue weighted by Gasteiger charge is -2.25. The van der Waals surface area contributed by atoms with Crippen LogP contribution >= 0.6 is 0 Å². The standard InChI is InChI=1S/C25H24N4O4S/c1-33-24-10-6-5-9-23(24)29(34(31,32)22-7-3-2-4-8-22)18-25(30)27-17-20-11-13-21(14-12-20)28-16-15-26-19-28/h2-16,19H,17-18H2,1H3,(H,27,30). The fourth-order valence-corrected chi connectivity index (χ4v) is 4.89. The van der Waals surface area contributed by atoms with Crippen LogP contribution in [0.2, 0.25) is 0 Å². The molecule has 0 aliphatic carbocycles. The average Bonchev–Trinajstić information content (AvgIpc) is 3.42. The number of methoxy groups -OCH3 is 1. The van der Waals surface area contributed by atoms with Gasteiger partial charge < -0.3 is 14.6 Å². The molecular weight excluding hydrogens is 452 g/mol. The molecule has 0 fully saturated rings. The fraction of sp³-hybridized carbons (Fsp3) is 0.120. The van der Waals surface area contributed by atoms with E-state index in [1.807, 2.05) is 35.0 Å². The van der Waals surface area contributed by atoms with Crippen molar-refractivity contribution < 1.29 is 17.9 Å². The number of carbonyl (C=O) groups excluding carboxylic acids is 1. The van der Waals surface area contributed by atoms with Gasteiger partial charge in [-0.15, -0.1) is 0 Å². The zero-order chi connectivity index (χ0) is 24.0. The van der Waals surface area contributed by atoms with Crippen LogP contribution in [0.25, 0.3) is 5.69 Å². The van der Waals surface area contributed by atoms with Crippen LogP contribution in [0.5, 0.6) is 5.75 Å². The largest absolute Gasteiger partial charge is 0.495 e. The summed E-state index contributed by atoms with van der Waals surface area (Å²) in [7, 11) is -2.55. The van der Waals surface area contributed by atoms with E-state index in [0.29, 0.717) is 5.75 Å². The molecule has 0 saturated carbocycles. The van der Waals surface area contributed by atoms with Crippen LogP contribution in [-0.4, -0.2) is 37.5 Å². The van der Waals surface area contributed by atoms with Crippen molar-refractivity contribution in [1.29, 1.82) is 0 Å². The number of nitrogens with one attached hydrogen (secondary N) is 1. The Morgan fingerprint density at radius 3 is 2.38 bits per heavy atom. The zero-order valence-corrected chi connectivity index (χ0v) is 19.4. The molecule has 0 saturated heterocycles. The number of benzene rings is 3. The number of hydrogen-bond donors (Lipinski definition) is 1. The second-order valence-corrected chi connectivity index (χ2v) is 9.27. The van der Waals surface area contributed by atoms with E-state index in [1.54, 1.807) is 55.0 Å². The van der Waals surface area contributed by atoms with Crippen molar-refractivity contribution in [2.45, 2.75) is 11.4 Å². The molecule has 1 amide bonds. The van der Waals surface area contributed by atoms with Crippen LogP contribution in [0.4, 0.5) is 5.69 Å². The number of carbonyl (C=O) groups is 1. The average molecular weight is 477 g/mol. The van der Waals surface area contributed by atoms with E-state index in [9.17, 15) is 13.2 Å². The molecule has 0 radical (unpaired) electrons. The minimum absolute atomic E-state index is 0.0868. The number of amides is 1. The lowest BCUT2D eigenvalue weighted by Crippen LogP contribution is -2.40. The van der Waals surface area contributed by atoms with E-state index >= 15 is 0 Å². The quantitative estimate of drug-likeness (QED) is 0.400. The van der Waals surface area contributed by atoms with E-state index in [1.165, 1.54) is 19.2 Å². The molecule has 0 bridgehead atoms. The summed E-state index contributed by atoms with van der Waals surface area (Å²) in [6, 6.07) is 22.4. The van der Waals surface area contributed by atoms with Crippen LogP contribution in [0.15, 0.2) is 102 Å². The van der Waals surface area contributed by atoms with Crippen LogP contribution in [0, 0.1) is 0 Å². The summed E-state index contributed by atoms with van der Waals surface area (Å²) in [6.07, 6.45) is 5.25. The van der Waals surface area contributed by atoms with Gasteiger partial charge in [-0.1, -0.05) is 42.5 Å². The van der Waals surface area contributed by atoms with Crippen LogP contribution < -0.4 is 14.4 Å². The number of aromatic nitrogens is 2. The van der Waals surface area contributed by atoms with Crippen molar-refractivity contribution >= 4 is 21.6 Å². The number of anilines is 1. The van der Waals surface area contributed by atoms with Gasteiger partial charge in [0, 0.05) is 24.6 Å². The van der Waals surface area contributed by atoms with Gasteiger partial charge in [-0.25, -0.2) is 13.4 Å². The molecule has 1 heterocycles. The van der Waals surface area contributed by atoms with Crippen LogP contribution in [0.1, 0.15) is 5.56 Å². The normalized spacial score (nSPS) is 11.1. The number of hydrogen-bond acceptors (Lipinski definition) is 5. The van der Waals surface area contributed by atoms with E-state index in [0.717, 1.165) is 15.6 Å². The highest BCUT2D eigenvalue weighted by Gasteiger charge is 2.29. The predicted molar refractivity (Wildman–Crippen MR) is 129 cm³/mol. The lowest BCUT2D eigenvalue weighted by atomic mass is 10.2. The van der Waals surface area contributed by atoms with Crippen LogP contribution in [-0.2, 0) is 21.4 Å². The highest BCUT2D eigenvalue weighted by molar-refractivity contribution is 7.92. The second-order valence-electron chi connectivity index (χ2n) is 7.41. The molecule has 0 spiro atoms. The maximum Gasteiger partial charge on any atom is 0.264 e. The molecule has 34 heavy (non-hydrogen) atoms. The summed E-state index contributed by atoms with van der Waals surface area (Å²) < 4.78 is 35.2. The summed E-state index contributed by atoms with van der Waals surface area (Å²) in [5, 5.41) is 2.81. The molecule has 4 aromatic rings. The second kappa shape index (κ2) is 10.2. The molecule has 0 unspecified atom stereocenters. The Hall–Kier alpha value is -4.11. The number of nitrogens with zero attached hydrogens (tertiary/aromatic N) is 3. The minimum atomic E-state index is -4.01. The number of para-hydroxylation sites is 2. The first-order chi connectivity index (χ1) is 16.5. The Kier molecular flexibility index (Phi) is 6.93. The van der Waals surface area contributed by atoms with Gasteiger partial charge in [-0.2, -0.15) is 0 Å². The van der Waals surface area contributed by atoms with Crippen LogP contribution in [0.3, 0.4) is 0 Å². The molecule has 174 valence electrons. The highest BCUT2D eigenvalue weighted by Crippen LogP contribution is 2.32. The first kappa shape index (κ1) is 23.1. The Morgan fingerprint density at radius 1 is 1.00 bits per heavy atom. The number of sulfonamides is 1. The maximum absolute atomic E-state index is 13.4. The fourth-order valence-electron chi connectivity index (χ4n) is 3.44. The van der Waals surface area contributed by atoms with E-state index in [4.69, 9.17) is 4.74 Å². The van der Waals surface area contributed by atoms with Crippen molar-refractivity contribution in [1.82, 2.24) is 14.9 Å². The topological polar surface area (TPSA) is 93.5 Å². The smallest absolute Gasteiger partial charge is 0.264 e. The SMILES string of the molecule is COc1ccccc1N(CC(=O)NCc1ccc(-n2ccnc2)cc1)S(=O)(=O)c1ccccc1. The molecule has 8 nitrogen and oxygen atoms in total. The van der Waals surface area contributed by atoms with Gasteiger partial charge in [0.25, 0.3) is 10.0 Å². The third-order valence-corrected chi connectivity index (χ3v) is 6.97. The van der Waals surface area contributed by atoms with Crippen molar-refractivity contribution in [2.75, 3.05) is 18.0 Å². The Bertz CT molecular complexity index is 1340. The van der Waals surface area contributed by atoms with Gasteiger partial charge in [-0.05, 0) is 42.0 Å². The maximum atomic E-state index is 13.4. The number of imidazole rings is 1. The summed E-state index contributed by atoms with van der Waals surface area (Å²) in [4.78, 5) is 17.0. The van der Waals surface area contributed by atoms with Gasteiger partial charge >= 0.3 is 0 Å². The van der Waals surface area contributed by atoms with Gasteiger partial charge in [-0.3, -0.25) is 9.10 Å². The third kappa shape index (κ3) is 5.10. The summed E-state index contributed by atoms with van der Waals surface area (Å²) >= 11 is 0. The summed E-state index contributed by atoms with van der Waals surface area (Å²) in [5.41, 5.74) is 2.12. The van der Waals surface area contributed by atoms with Gasteiger partial charge in [0.2, 0.25) is 5.91 Å². The summed E-state index contributed by atoms with van der Waals surface area (Å²) in [6.45, 7) is -0.140. The Morgan fingerprint density at radius 2 is 1.71 bits per heavy atom. The van der Waals surface area contributed by atoms with Gasteiger partial charge in [0.15, 0.2) is 0 Å². The molecule has 0 aliphatic heterocycles. The Labute approximate surface area is 198 Å². The first-order valence-electron chi connectivity index (χ1n) is 10.5. The molecule has 0 atom stereocenters. The zero-order valence-electron chi connectivity index (χ0n) is 18.5. The molecule has 1 N–H and O–H groups in total. The predicted octanol–water partition coefficient (Wildman–Crippen LogP) is 3.39. The van der Waals surface area contributed by atoms with Crippen molar-refractivity contribution in [3.05, 3.63) is 103 Å².